The zero-order valence-corrected chi connectivity index (χ0v) is 8.68. The smallest absolute Gasteiger partial charge is 0.271 e. The van der Waals surface area contributed by atoms with Gasteiger partial charge in [0.1, 0.15) is 5.69 Å². The van der Waals surface area contributed by atoms with E-state index >= 15 is 0 Å². The largest absolute Gasteiger partial charge is 0.396 e. The molecule has 0 aliphatic rings. The van der Waals surface area contributed by atoms with Crippen molar-refractivity contribution in [2.24, 2.45) is 5.92 Å². The first-order valence-electron chi connectivity index (χ1n) is 4.89. The van der Waals surface area contributed by atoms with Gasteiger partial charge in [-0.1, -0.05) is 6.92 Å². The number of nitrogens with zero attached hydrogens (tertiary/aromatic N) is 2. The molecule has 0 aromatic carbocycles. The zero-order chi connectivity index (χ0) is 11.1. The van der Waals surface area contributed by atoms with Crippen LogP contribution >= 0.6 is 0 Å². The number of aromatic nitrogens is 2. The normalized spacial score (nSPS) is 12.1. The standard InChI is InChI=1S/C10H15N3O2/c1-8(2-5-14)6-13-10(15)9-7-11-3-4-12-9/h3-4,7-8,14H,2,5-6H2,1H3,(H,13,15). The molecule has 0 radical (unpaired) electrons. The molecule has 0 saturated carbocycles. The molecule has 1 unspecified atom stereocenters. The lowest BCUT2D eigenvalue weighted by Crippen LogP contribution is -2.29. The molecule has 0 fully saturated rings. The van der Waals surface area contributed by atoms with E-state index in [1.807, 2.05) is 6.92 Å². The van der Waals surface area contributed by atoms with Gasteiger partial charge in [-0.25, -0.2) is 4.98 Å². The Labute approximate surface area is 88.6 Å². The van der Waals surface area contributed by atoms with Crippen LogP contribution in [0.25, 0.3) is 0 Å². The minimum absolute atomic E-state index is 0.141. The van der Waals surface area contributed by atoms with Crippen molar-refractivity contribution in [1.29, 1.82) is 0 Å². The molecule has 0 aliphatic carbocycles. The average molecular weight is 209 g/mol. The lowest BCUT2D eigenvalue weighted by Gasteiger charge is -2.10. The van der Waals surface area contributed by atoms with Crippen LogP contribution in [0.1, 0.15) is 23.8 Å². The number of aliphatic hydroxyl groups is 1. The number of hydrogen-bond acceptors (Lipinski definition) is 4. The van der Waals surface area contributed by atoms with Gasteiger partial charge >= 0.3 is 0 Å². The highest BCUT2D eigenvalue weighted by atomic mass is 16.3. The molecular formula is C10H15N3O2. The molecule has 1 rings (SSSR count). The van der Waals surface area contributed by atoms with E-state index in [9.17, 15) is 4.79 Å². The number of rotatable bonds is 5. The molecule has 1 atom stereocenters. The Morgan fingerprint density at radius 3 is 3.00 bits per heavy atom. The van der Waals surface area contributed by atoms with Crippen molar-refractivity contribution in [3.05, 3.63) is 24.3 Å². The number of carbonyl (C=O) groups excluding carboxylic acids is 1. The van der Waals surface area contributed by atoms with Crippen LogP contribution in [0.2, 0.25) is 0 Å². The highest BCUT2D eigenvalue weighted by Crippen LogP contribution is 1.98. The second-order valence-electron chi connectivity index (χ2n) is 3.42. The quantitative estimate of drug-likeness (QED) is 0.727. The molecule has 5 heteroatoms. The van der Waals surface area contributed by atoms with Crippen molar-refractivity contribution in [2.45, 2.75) is 13.3 Å². The molecule has 1 aromatic rings. The third kappa shape index (κ3) is 4.03. The molecule has 0 aliphatic heterocycles. The maximum Gasteiger partial charge on any atom is 0.271 e. The predicted molar refractivity (Wildman–Crippen MR) is 55.2 cm³/mol. The summed E-state index contributed by atoms with van der Waals surface area (Å²) in [6, 6.07) is 0. The maximum atomic E-state index is 11.5. The summed E-state index contributed by atoms with van der Waals surface area (Å²) in [7, 11) is 0. The van der Waals surface area contributed by atoms with Crippen molar-refractivity contribution in [2.75, 3.05) is 13.2 Å². The molecule has 1 amide bonds. The molecule has 2 N–H and O–H groups in total. The molecule has 1 aromatic heterocycles. The zero-order valence-electron chi connectivity index (χ0n) is 8.68. The number of aliphatic hydroxyl groups excluding tert-OH is 1. The number of carbonyl (C=O) groups is 1. The second kappa shape index (κ2) is 6.08. The van der Waals surface area contributed by atoms with Crippen LogP contribution < -0.4 is 5.32 Å². The van der Waals surface area contributed by atoms with Gasteiger partial charge in [-0.05, 0) is 12.3 Å². The Hall–Kier alpha value is -1.49. The van der Waals surface area contributed by atoms with Crippen molar-refractivity contribution in [3.63, 3.8) is 0 Å². The summed E-state index contributed by atoms with van der Waals surface area (Å²) in [6.45, 7) is 2.64. The Morgan fingerprint density at radius 2 is 2.40 bits per heavy atom. The summed E-state index contributed by atoms with van der Waals surface area (Å²) >= 11 is 0. The SMILES string of the molecule is CC(CCO)CNC(=O)c1cnccn1. The van der Waals surface area contributed by atoms with Gasteiger partial charge in [0, 0.05) is 25.5 Å². The number of amides is 1. The molecular weight excluding hydrogens is 194 g/mol. The highest BCUT2D eigenvalue weighted by molar-refractivity contribution is 5.91. The summed E-state index contributed by atoms with van der Waals surface area (Å²) in [6.07, 6.45) is 5.10. The first kappa shape index (κ1) is 11.6. The van der Waals surface area contributed by atoms with Gasteiger partial charge in [0.25, 0.3) is 5.91 Å². The van der Waals surface area contributed by atoms with Crippen LogP contribution in [0.4, 0.5) is 0 Å². The van der Waals surface area contributed by atoms with E-state index in [4.69, 9.17) is 5.11 Å². The van der Waals surface area contributed by atoms with E-state index in [1.54, 1.807) is 0 Å². The Balaban J connectivity index is 2.37. The van der Waals surface area contributed by atoms with E-state index in [2.05, 4.69) is 15.3 Å². The van der Waals surface area contributed by atoms with Crippen molar-refractivity contribution in [1.82, 2.24) is 15.3 Å². The van der Waals surface area contributed by atoms with Crippen molar-refractivity contribution < 1.29 is 9.90 Å². The third-order valence-corrected chi connectivity index (χ3v) is 2.03. The lowest BCUT2D eigenvalue weighted by molar-refractivity contribution is 0.0940. The van der Waals surface area contributed by atoms with E-state index in [-0.39, 0.29) is 18.4 Å². The fourth-order valence-corrected chi connectivity index (χ4v) is 1.10. The van der Waals surface area contributed by atoms with Gasteiger partial charge in [-0.2, -0.15) is 0 Å². The Kier molecular flexibility index (Phi) is 4.70. The average Bonchev–Trinajstić information content (AvgIpc) is 2.27. The van der Waals surface area contributed by atoms with Gasteiger partial charge in [-0.3, -0.25) is 9.78 Å². The van der Waals surface area contributed by atoms with Gasteiger partial charge in [0.2, 0.25) is 0 Å². The monoisotopic (exact) mass is 209 g/mol. The fourth-order valence-electron chi connectivity index (χ4n) is 1.10. The number of nitrogens with one attached hydrogen (secondary N) is 1. The molecule has 0 bridgehead atoms. The third-order valence-electron chi connectivity index (χ3n) is 2.03. The first-order chi connectivity index (χ1) is 7.24. The summed E-state index contributed by atoms with van der Waals surface area (Å²) < 4.78 is 0. The number of hydrogen-bond donors (Lipinski definition) is 2. The summed E-state index contributed by atoms with van der Waals surface area (Å²) in [5.41, 5.74) is 0.314. The summed E-state index contributed by atoms with van der Waals surface area (Å²) in [4.78, 5) is 19.2. The van der Waals surface area contributed by atoms with E-state index in [1.165, 1.54) is 18.6 Å². The molecule has 1 heterocycles. The van der Waals surface area contributed by atoms with Gasteiger partial charge in [0.15, 0.2) is 0 Å². The summed E-state index contributed by atoms with van der Waals surface area (Å²) in [5.74, 6) is 0.0310. The molecule has 5 nitrogen and oxygen atoms in total. The first-order valence-corrected chi connectivity index (χ1v) is 4.89. The highest BCUT2D eigenvalue weighted by Gasteiger charge is 2.08. The van der Waals surface area contributed by atoms with Crippen molar-refractivity contribution in [3.8, 4) is 0 Å². The molecule has 82 valence electrons. The van der Waals surface area contributed by atoms with Crippen LogP contribution in [0.5, 0.6) is 0 Å². The van der Waals surface area contributed by atoms with Crippen LogP contribution in [0, 0.1) is 5.92 Å². The molecule has 15 heavy (non-hydrogen) atoms. The van der Waals surface area contributed by atoms with Crippen LogP contribution in [0.3, 0.4) is 0 Å². The lowest BCUT2D eigenvalue weighted by atomic mass is 10.1. The maximum absolute atomic E-state index is 11.5. The van der Waals surface area contributed by atoms with Crippen LogP contribution in [-0.4, -0.2) is 34.1 Å². The van der Waals surface area contributed by atoms with E-state index in [0.717, 1.165) is 0 Å². The minimum Gasteiger partial charge on any atom is -0.396 e. The molecule has 0 saturated heterocycles. The Bertz CT molecular complexity index is 303. The minimum atomic E-state index is -0.229. The van der Waals surface area contributed by atoms with Crippen LogP contribution in [-0.2, 0) is 0 Å². The second-order valence-corrected chi connectivity index (χ2v) is 3.42. The Morgan fingerprint density at radius 1 is 1.60 bits per heavy atom. The van der Waals surface area contributed by atoms with E-state index < -0.39 is 0 Å². The van der Waals surface area contributed by atoms with Gasteiger partial charge in [0.05, 0.1) is 6.20 Å². The summed E-state index contributed by atoms with van der Waals surface area (Å²) in [5, 5.41) is 11.4. The van der Waals surface area contributed by atoms with E-state index in [0.29, 0.717) is 18.7 Å². The molecule has 0 spiro atoms. The topological polar surface area (TPSA) is 75.1 Å². The van der Waals surface area contributed by atoms with Gasteiger partial charge < -0.3 is 10.4 Å². The predicted octanol–water partition coefficient (Wildman–Crippen LogP) is 0.225. The fraction of sp³-hybridized carbons (Fsp3) is 0.500. The van der Waals surface area contributed by atoms with Crippen molar-refractivity contribution >= 4 is 5.91 Å². The van der Waals surface area contributed by atoms with Crippen LogP contribution in [0.15, 0.2) is 18.6 Å². The van der Waals surface area contributed by atoms with Gasteiger partial charge in [-0.15, -0.1) is 0 Å².